The molecule has 2 N–H and O–H groups in total. The van der Waals surface area contributed by atoms with Crippen LogP contribution in [0.15, 0.2) is 72.7 Å². The molecule has 0 saturated carbocycles. The molecule has 6 heteroatoms. The molecule has 1 aliphatic rings. The van der Waals surface area contributed by atoms with Crippen molar-refractivity contribution in [2.45, 2.75) is 92.4 Å². The van der Waals surface area contributed by atoms with Gasteiger partial charge in [-0.2, -0.15) is 0 Å². The summed E-state index contributed by atoms with van der Waals surface area (Å²) in [6.45, 7) is 24.5. The maximum atomic E-state index is 13.4. The summed E-state index contributed by atoms with van der Waals surface area (Å²) in [5.41, 5.74) is 4.20. The Morgan fingerprint density at radius 1 is 1.07 bits per heavy atom. The first-order valence-corrected chi connectivity index (χ1v) is 15.8. The number of anilines is 1. The van der Waals surface area contributed by atoms with Crippen molar-refractivity contribution in [2.75, 3.05) is 31.5 Å². The summed E-state index contributed by atoms with van der Waals surface area (Å²) >= 11 is 0. The van der Waals surface area contributed by atoms with Crippen molar-refractivity contribution < 1.29 is 9.53 Å². The zero-order chi connectivity index (χ0) is 30.8. The molecule has 3 unspecified atom stereocenters. The molecule has 2 aromatic rings. The van der Waals surface area contributed by atoms with Crippen molar-refractivity contribution in [3.05, 3.63) is 89.4 Å². The van der Waals surface area contributed by atoms with Crippen LogP contribution in [0.4, 0.5) is 5.69 Å². The van der Waals surface area contributed by atoms with Crippen LogP contribution in [-0.4, -0.2) is 54.0 Å². The van der Waals surface area contributed by atoms with Gasteiger partial charge in [0.15, 0.2) is 0 Å². The zero-order valence-electron chi connectivity index (χ0n) is 27.2. The van der Waals surface area contributed by atoms with E-state index < -0.39 is 0 Å². The maximum absolute atomic E-state index is 13.4. The van der Waals surface area contributed by atoms with Crippen LogP contribution in [0.1, 0.15) is 102 Å². The molecular weight excluding hydrogens is 520 g/mol. The quantitative estimate of drug-likeness (QED) is 0.212. The Balaban J connectivity index is 1.96. The average Bonchev–Trinajstić information content (AvgIpc) is 2.97. The van der Waals surface area contributed by atoms with Gasteiger partial charge in [-0.1, -0.05) is 57.7 Å². The molecule has 3 rings (SSSR count). The normalized spacial score (nSPS) is 18.8. The number of hydrogen-bond acceptors (Lipinski definition) is 5. The second kappa shape index (κ2) is 15.9. The van der Waals surface area contributed by atoms with E-state index in [9.17, 15) is 4.79 Å². The highest BCUT2D eigenvalue weighted by Gasteiger charge is 2.38. The summed E-state index contributed by atoms with van der Waals surface area (Å²) in [7, 11) is 0. The van der Waals surface area contributed by atoms with Gasteiger partial charge in [-0.15, -0.1) is 0 Å². The molecule has 0 bridgehead atoms. The summed E-state index contributed by atoms with van der Waals surface area (Å²) in [5, 5.41) is 7.00. The highest BCUT2D eigenvalue weighted by molar-refractivity contribution is 5.95. The molecule has 2 aromatic carbocycles. The van der Waals surface area contributed by atoms with E-state index in [2.05, 4.69) is 118 Å². The van der Waals surface area contributed by atoms with E-state index in [1.807, 2.05) is 19.1 Å². The van der Waals surface area contributed by atoms with Gasteiger partial charge in [0.2, 0.25) is 0 Å². The second-order valence-electron chi connectivity index (χ2n) is 12.0. The largest absolute Gasteiger partial charge is 0.466 e. The van der Waals surface area contributed by atoms with Crippen LogP contribution in [0.5, 0.6) is 0 Å². The molecule has 1 amide bonds. The maximum Gasteiger partial charge on any atom is 0.251 e. The van der Waals surface area contributed by atoms with E-state index >= 15 is 0 Å². The van der Waals surface area contributed by atoms with Crippen LogP contribution in [0.25, 0.3) is 0 Å². The lowest BCUT2D eigenvalue weighted by Gasteiger charge is -2.45. The highest BCUT2D eigenvalue weighted by Crippen LogP contribution is 2.46. The Labute approximate surface area is 255 Å². The molecule has 1 aliphatic heterocycles. The summed E-state index contributed by atoms with van der Waals surface area (Å²) < 4.78 is 6.15. The SMILES string of the molecule is C=C(CC)O/C(=C\C)CN(CCC)C1c2cc(C(=O)NCCN(C(C)C)C(C)C)ccc2NC(c2ccccc2)C1C. The number of allylic oxidation sites excluding steroid dienone is 2. The van der Waals surface area contributed by atoms with E-state index in [-0.39, 0.29) is 23.9 Å². The van der Waals surface area contributed by atoms with Crippen molar-refractivity contribution in [1.29, 1.82) is 0 Å². The minimum absolute atomic E-state index is 0.0272. The zero-order valence-corrected chi connectivity index (χ0v) is 27.2. The fourth-order valence-corrected chi connectivity index (χ4v) is 6.18. The van der Waals surface area contributed by atoms with Crippen molar-refractivity contribution in [3.8, 4) is 0 Å². The molecule has 0 spiro atoms. The monoisotopic (exact) mass is 574 g/mol. The van der Waals surface area contributed by atoms with Gasteiger partial charge in [-0.25, -0.2) is 0 Å². The standard InChI is InChI=1S/C36H54N4O2/c1-10-21-39(24-31(12-3)42-27(8)11-2)35-28(9)34(29-16-14-13-15-17-29)38-33-19-18-30(23-32(33)35)36(41)37-20-22-40(25(4)5)26(6)7/h12-19,23,25-26,28,34-35,38H,8,10-11,20-22,24H2,1-7,9H3,(H,37,41)/b31-12-. The number of nitrogens with zero attached hydrogens (tertiary/aromatic N) is 2. The van der Waals surface area contributed by atoms with Crippen molar-refractivity contribution in [2.24, 2.45) is 5.92 Å². The Morgan fingerprint density at radius 3 is 2.36 bits per heavy atom. The van der Waals surface area contributed by atoms with Crippen LogP contribution in [0.3, 0.4) is 0 Å². The lowest BCUT2D eigenvalue weighted by Crippen LogP contribution is -2.43. The number of benzene rings is 2. The Kier molecular flexibility index (Phi) is 12.7. The summed E-state index contributed by atoms with van der Waals surface area (Å²) in [6, 6.07) is 17.9. The van der Waals surface area contributed by atoms with Gasteiger partial charge in [-0.05, 0) is 83.0 Å². The number of carbonyl (C=O) groups excluding carboxylic acids is 1. The third-order valence-corrected chi connectivity index (χ3v) is 8.36. The van der Waals surface area contributed by atoms with Gasteiger partial charge in [0.05, 0.1) is 18.3 Å². The van der Waals surface area contributed by atoms with E-state index in [0.29, 0.717) is 30.7 Å². The molecule has 0 radical (unpaired) electrons. The summed E-state index contributed by atoms with van der Waals surface area (Å²) in [5.74, 6) is 1.89. The Morgan fingerprint density at radius 2 is 1.76 bits per heavy atom. The third-order valence-electron chi connectivity index (χ3n) is 8.36. The van der Waals surface area contributed by atoms with Crippen molar-refractivity contribution >= 4 is 11.6 Å². The summed E-state index contributed by atoms with van der Waals surface area (Å²) in [4.78, 5) is 18.3. The first kappa shape index (κ1) is 33.4. The number of nitrogens with one attached hydrogen (secondary N) is 2. The fourth-order valence-electron chi connectivity index (χ4n) is 6.18. The molecule has 6 nitrogen and oxygen atoms in total. The molecule has 0 aliphatic carbocycles. The molecule has 42 heavy (non-hydrogen) atoms. The van der Waals surface area contributed by atoms with Gasteiger partial charge in [0.1, 0.15) is 5.76 Å². The average molecular weight is 575 g/mol. The summed E-state index contributed by atoms with van der Waals surface area (Å²) in [6.07, 6.45) is 3.83. The minimum Gasteiger partial charge on any atom is -0.466 e. The first-order valence-electron chi connectivity index (χ1n) is 15.8. The van der Waals surface area contributed by atoms with Crippen molar-refractivity contribution in [1.82, 2.24) is 15.1 Å². The Hall–Kier alpha value is -3.09. The molecule has 0 fully saturated rings. The fraction of sp³-hybridized carbons (Fsp3) is 0.528. The molecule has 230 valence electrons. The first-order chi connectivity index (χ1) is 20.1. The minimum atomic E-state index is -0.0272. The van der Waals surface area contributed by atoms with E-state index in [4.69, 9.17) is 4.74 Å². The van der Waals surface area contributed by atoms with E-state index in [1.165, 1.54) is 5.56 Å². The number of amides is 1. The number of ether oxygens (including phenoxy) is 1. The second-order valence-corrected chi connectivity index (χ2v) is 12.0. The van der Waals surface area contributed by atoms with Gasteiger partial charge in [0, 0.05) is 54.8 Å². The predicted octanol–water partition coefficient (Wildman–Crippen LogP) is 7.94. The molecule has 3 atom stereocenters. The number of fused-ring (bicyclic) bond motifs is 1. The van der Waals surface area contributed by atoms with E-state index in [0.717, 1.165) is 48.7 Å². The van der Waals surface area contributed by atoms with Gasteiger partial charge in [-0.3, -0.25) is 14.6 Å². The van der Waals surface area contributed by atoms with Gasteiger partial charge < -0.3 is 15.4 Å². The van der Waals surface area contributed by atoms with Crippen molar-refractivity contribution in [3.63, 3.8) is 0 Å². The molecule has 0 aromatic heterocycles. The highest BCUT2D eigenvalue weighted by atomic mass is 16.5. The molecule has 0 saturated heterocycles. The van der Waals surface area contributed by atoms with Crippen LogP contribution >= 0.6 is 0 Å². The van der Waals surface area contributed by atoms with Crippen LogP contribution in [-0.2, 0) is 4.74 Å². The van der Waals surface area contributed by atoms with Crippen LogP contribution in [0.2, 0.25) is 0 Å². The molecule has 1 heterocycles. The molecular formula is C36H54N4O2. The predicted molar refractivity (Wildman–Crippen MR) is 177 cm³/mol. The Bertz CT molecular complexity index is 1180. The van der Waals surface area contributed by atoms with E-state index in [1.54, 1.807) is 0 Å². The smallest absolute Gasteiger partial charge is 0.251 e. The van der Waals surface area contributed by atoms with Crippen LogP contribution in [0, 0.1) is 5.92 Å². The third kappa shape index (κ3) is 8.48. The number of carbonyl (C=O) groups is 1. The van der Waals surface area contributed by atoms with Crippen LogP contribution < -0.4 is 10.6 Å². The lowest BCUT2D eigenvalue weighted by atomic mass is 9.79. The number of rotatable bonds is 15. The van der Waals surface area contributed by atoms with Gasteiger partial charge in [0.25, 0.3) is 5.91 Å². The van der Waals surface area contributed by atoms with Gasteiger partial charge >= 0.3 is 0 Å². The lowest BCUT2D eigenvalue weighted by molar-refractivity contribution is 0.0938. The topological polar surface area (TPSA) is 56.8 Å². The number of hydrogen-bond donors (Lipinski definition) is 2.